The van der Waals surface area contributed by atoms with Crippen LogP contribution in [0.2, 0.25) is 0 Å². The minimum atomic E-state index is -4.34. The number of rotatable bonds is 1. The van der Waals surface area contributed by atoms with Crippen LogP contribution in [0, 0.1) is 0 Å². The van der Waals surface area contributed by atoms with Crippen molar-refractivity contribution >= 4 is 0 Å². The summed E-state index contributed by atoms with van der Waals surface area (Å²) < 4.78 is 38.4. The molecule has 0 atom stereocenters. The van der Waals surface area contributed by atoms with Gasteiger partial charge in [0.05, 0.1) is 5.56 Å². The molecule has 0 aliphatic heterocycles. The van der Waals surface area contributed by atoms with Gasteiger partial charge in [-0.05, 0) is 41.7 Å². The number of halogens is 3. The highest BCUT2D eigenvalue weighted by molar-refractivity contribution is 5.42. The molecule has 0 bridgehead atoms. The van der Waals surface area contributed by atoms with Crippen molar-refractivity contribution in [1.82, 2.24) is 0 Å². The molecule has 1 aliphatic carbocycles. The molecule has 0 spiro atoms. The van der Waals surface area contributed by atoms with Gasteiger partial charge in [-0.2, -0.15) is 13.2 Å². The topological polar surface area (TPSA) is 26.0 Å². The number of alkyl halides is 3. The lowest BCUT2D eigenvalue weighted by Crippen LogP contribution is -2.37. The molecule has 2 aromatic carbocycles. The van der Waals surface area contributed by atoms with Gasteiger partial charge in [-0.1, -0.05) is 36.4 Å². The van der Waals surface area contributed by atoms with Gasteiger partial charge in [-0.15, -0.1) is 0 Å². The van der Waals surface area contributed by atoms with Crippen molar-refractivity contribution in [2.75, 3.05) is 0 Å². The highest BCUT2D eigenvalue weighted by Gasteiger charge is 2.37. The lowest BCUT2D eigenvalue weighted by atomic mass is 9.87. The number of nitrogens with two attached hydrogens (primary N) is 1. The minimum Gasteiger partial charge on any atom is -0.321 e. The second-order valence-electron chi connectivity index (χ2n) is 5.36. The Hall–Kier alpha value is -1.81. The van der Waals surface area contributed by atoms with Crippen LogP contribution in [-0.2, 0) is 24.6 Å². The monoisotopic (exact) mass is 277 g/mol. The third kappa shape index (κ3) is 2.20. The molecule has 0 aromatic heterocycles. The lowest BCUT2D eigenvalue weighted by molar-refractivity contribution is -0.137. The Morgan fingerprint density at radius 2 is 1.50 bits per heavy atom. The molecule has 0 heterocycles. The Morgan fingerprint density at radius 3 is 2.05 bits per heavy atom. The fraction of sp³-hybridized carbons (Fsp3) is 0.250. The molecule has 4 heteroatoms. The van der Waals surface area contributed by atoms with E-state index in [1.807, 2.05) is 24.3 Å². The number of benzene rings is 2. The molecular formula is C16H14F3N. The van der Waals surface area contributed by atoms with Gasteiger partial charge in [0.25, 0.3) is 0 Å². The van der Waals surface area contributed by atoms with Crippen molar-refractivity contribution in [2.24, 2.45) is 5.73 Å². The normalized spacial score (nSPS) is 17.0. The highest BCUT2D eigenvalue weighted by atomic mass is 19.4. The summed E-state index contributed by atoms with van der Waals surface area (Å²) in [5.41, 5.74) is 7.77. The average Bonchev–Trinajstić information content (AvgIpc) is 2.75. The van der Waals surface area contributed by atoms with Gasteiger partial charge in [-0.25, -0.2) is 0 Å². The molecule has 104 valence electrons. The smallest absolute Gasteiger partial charge is 0.321 e. The molecule has 3 rings (SSSR count). The molecule has 1 aliphatic rings. The Kier molecular flexibility index (Phi) is 2.87. The molecule has 0 radical (unpaired) electrons. The van der Waals surface area contributed by atoms with E-state index in [1.165, 1.54) is 12.1 Å². The van der Waals surface area contributed by atoms with Crippen LogP contribution >= 0.6 is 0 Å². The quantitative estimate of drug-likeness (QED) is 0.846. The molecule has 0 fully saturated rings. The number of hydrogen-bond acceptors (Lipinski definition) is 1. The summed E-state index contributed by atoms with van der Waals surface area (Å²) in [7, 11) is 0. The predicted octanol–water partition coefficient (Wildman–Crippen LogP) is 3.66. The van der Waals surface area contributed by atoms with Crippen LogP contribution < -0.4 is 5.73 Å². The Bertz CT molecular complexity index is 621. The molecule has 2 N–H and O–H groups in total. The molecule has 0 saturated carbocycles. The number of hydrogen-bond donors (Lipinski definition) is 1. The van der Waals surface area contributed by atoms with Crippen molar-refractivity contribution < 1.29 is 13.2 Å². The molecule has 20 heavy (non-hydrogen) atoms. The van der Waals surface area contributed by atoms with Gasteiger partial charge >= 0.3 is 6.18 Å². The zero-order chi connectivity index (χ0) is 14.4. The van der Waals surface area contributed by atoms with Crippen molar-refractivity contribution in [3.05, 3.63) is 70.8 Å². The second kappa shape index (κ2) is 4.35. The summed E-state index contributed by atoms with van der Waals surface area (Å²) in [6, 6.07) is 13.2. The van der Waals surface area contributed by atoms with Gasteiger partial charge in [0.15, 0.2) is 0 Å². The molecule has 2 aromatic rings. The highest BCUT2D eigenvalue weighted by Crippen LogP contribution is 2.38. The summed E-state index contributed by atoms with van der Waals surface area (Å²) in [6.07, 6.45) is -3.19. The van der Waals surface area contributed by atoms with E-state index in [1.54, 1.807) is 6.07 Å². The third-order valence-electron chi connectivity index (χ3n) is 3.90. The van der Waals surface area contributed by atoms with E-state index in [4.69, 9.17) is 5.73 Å². The summed E-state index contributed by atoms with van der Waals surface area (Å²) >= 11 is 0. The van der Waals surface area contributed by atoms with E-state index >= 15 is 0 Å². The Balaban J connectivity index is 1.99. The van der Waals surface area contributed by atoms with E-state index in [-0.39, 0.29) is 0 Å². The largest absolute Gasteiger partial charge is 0.416 e. The zero-order valence-corrected chi connectivity index (χ0v) is 10.7. The summed E-state index contributed by atoms with van der Waals surface area (Å²) in [4.78, 5) is 0. The first kappa shape index (κ1) is 13.2. The van der Waals surface area contributed by atoms with Gasteiger partial charge in [-0.3, -0.25) is 0 Å². The molecule has 1 nitrogen and oxygen atoms in total. The van der Waals surface area contributed by atoms with E-state index in [0.29, 0.717) is 18.4 Å². The first-order valence-corrected chi connectivity index (χ1v) is 6.42. The van der Waals surface area contributed by atoms with Crippen LogP contribution in [-0.4, -0.2) is 0 Å². The average molecular weight is 277 g/mol. The van der Waals surface area contributed by atoms with Gasteiger partial charge < -0.3 is 5.73 Å². The van der Waals surface area contributed by atoms with Crippen LogP contribution in [0.5, 0.6) is 0 Å². The molecule has 0 unspecified atom stereocenters. The van der Waals surface area contributed by atoms with Crippen molar-refractivity contribution in [2.45, 2.75) is 24.6 Å². The number of fused-ring (bicyclic) bond motifs is 1. The second-order valence-corrected chi connectivity index (χ2v) is 5.36. The van der Waals surface area contributed by atoms with Crippen molar-refractivity contribution in [3.8, 4) is 0 Å². The van der Waals surface area contributed by atoms with Crippen molar-refractivity contribution in [1.29, 1.82) is 0 Å². The van der Waals surface area contributed by atoms with Crippen LogP contribution in [0.3, 0.4) is 0 Å². The van der Waals surface area contributed by atoms with E-state index in [9.17, 15) is 13.2 Å². The van der Waals surface area contributed by atoms with Crippen LogP contribution in [0.25, 0.3) is 0 Å². The van der Waals surface area contributed by atoms with Crippen LogP contribution in [0.15, 0.2) is 48.5 Å². The Morgan fingerprint density at radius 1 is 0.900 bits per heavy atom. The predicted molar refractivity (Wildman–Crippen MR) is 71.2 cm³/mol. The molecule has 0 amide bonds. The summed E-state index contributed by atoms with van der Waals surface area (Å²) in [5, 5.41) is 0. The standard InChI is InChI=1S/C16H14F3N/c17-16(18,19)14-7-3-6-13(8-14)15(20)9-11-4-1-2-5-12(11)10-15/h1-8H,9-10,20H2. The third-order valence-corrected chi connectivity index (χ3v) is 3.90. The first-order valence-electron chi connectivity index (χ1n) is 6.42. The first-order chi connectivity index (χ1) is 9.38. The zero-order valence-electron chi connectivity index (χ0n) is 10.7. The molecule has 0 saturated heterocycles. The summed E-state index contributed by atoms with van der Waals surface area (Å²) in [5.74, 6) is 0. The maximum atomic E-state index is 12.8. The van der Waals surface area contributed by atoms with Crippen LogP contribution in [0.4, 0.5) is 13.2 Å². The SMILES string of the molecule is NC1(c2cccc(C(F)(F)F)c2)Cc2ccccc2C1. The molecular weight excluding hydrogens is 263 g/mol. The van der Waals surface area contributed by atoms with E-state index in [2.05, 4.69) is 0 Å². The lowest BCUT2D eigenvalue weighted by Gasteiger charge is -2.25. The Labute approximate surface area is 115 Å². The van der Waals surface area contributed by atoms with Gasteiger partial charge in [0, 0.05) is 5.54 Å². The van der Waals surface area contributed by atoms with E-state index < -0.39 is 17.3 Å². The maximum Gasteiger partial charge on any atom is 0.416 e. The van der Waals surface area contributed by atoms with Crippen LogP contribution in [0.1, 0.15) is 22.3 Å². The minimum absolute atomic E-state index is 0.545. The van der Waals surface area contributed by atoms with Crippen molar-refractivity contribution in [3.63, 3.8) is 0 Å². The maximum absolute atomic E-state index is 12.8. The van der Waals surface area contributed by atoms with Gasteiger partial charge in [0.1, 0.15) is 0 Å². The summed E-state index contributed by atoms with van der Waals surface area (Å²) in [6.45, 7) is 0. The fourth-order valence-electron chi connectivity index (χ4n) is 2.85. The fourth-order valence-corrected chi connectivity index (χ4v) is 2.85. The van der Waals surface area contributed by atoms with Gasteiger partial charge in [0.2, 0.25) is 0 Å². The van der Waals surface area contributed by atoms with E-state index in [0.717, 1.165) is 17.2 Å².